The van der Waals surface area contributed by atoms with Crippen LogP contribution in [0.4, 0.5) is 29.6 Å². The van der Waals surface area contributed by atoms with E-state index in [-0.39, 0.29) is 24.2 Å². The van der Waals surface area contributed by atoms with Gasteiger partial charge in [-0.1, -0.05) is 18.6 Å². The minimum absolute atomic E-state index is 0.0969. The van der Waals surface area contributed by atoms with Crippen molar-refractivity contribution >= 4 is 23.6 Å². The SMILES string of the molecule is O=C(Cc1cccc(OC(F)(F)F)c1)Nc1ccc(CCCCn2ccc(NC(=O)OC3CCCCC3)nc2=O)nn1. The first-order valence-electron chi connectivity index (χ1n) is 13.7. The summed E-state index contributed by atoms with van der Waals surface area (Å²) in [4.78, 5) is 40.6. The van der Waals surface area contributed by atoms with Gasteiger partial charge in [0.05, 0.1) is 12.1 Å². The lowest BCUT2D eigenvalue weighted by molar-refractivity contribution is -0.274. The summed E-state index contributed by atoms with van der Waals surface area (Å²) in [5.74, 6) is -0.523. The second kappa shape index (κ2) is 14.4. The molecule has 0 aliphatic heterocycles. The summed E-state index contributed by atoms with van der Waals surface area (Å²) in [7, 11) is 0. The van der Waals surface area contributed by atoms with Gasteiger partial charge in [0.1, 0.15) is 17.7 Å². The van der Waals surface area contributed by atoms with Gasteiger partial charge in [0, 0.05) is 12.7 Å². The molecule has 0 radical (unpaired) electrons. The molecule has 0 spiro atoms. The number of ether oxygens (including phenoxy) is 2. The monoisotopic (exact) mass is 588 g/mol. The van der Waals surface area contributed by atoms with E-state index in [2.05, 4.69) is 30.6 Å². The molecular weight excluding hydrogens is 557 g/mol. The van der Waals surface area contributed by atoms with E-state index < -0.39 is 29.8 Å². The van der Waals surface area contributed by atoms with E-state index in [0.29, 0.717) is 37.1 Å². The van der Waals surface area contributed by atoms with Gasteiger partial charge in [0.2, 0.25) is 5.91 Å². The first-order valence-corrected chi connectivity index (χ1v) is 13.7. The molecule has 4 rings (SSSR count). The van der Waals surface area contributed by atoms with Gasteiger partial charge in [-0.3, -0.25) is 14.7 Å². The van der Waals surface area contributed by atoms with E-state index in [4.69, 9.17) is 4.74 Å². The fourth-order valence-electron chi connectivity index (χ4n) is 4.51. The Hall–Kier alpha value is -4.49. The first-order chi connectivity index (χ1) is 20.1. The van der Waals surface area contributed by atoms with Crippen LogP contribution in [0, 0.1) is 0 Å². The van der Waals surface area contributed by atoms with Crippen LogP contribution in [0.2, 0.25) is 0 Å². The Bertz CT molecular complexity index is 1410. The molecule has 0 saturated heterocycles. The normalized spacial score (nSPS) is 13.8. The molecule has 1 aliphatic carbocycles. The number of carbonyl (C=O) groups is 2. The summed E-state index contributed by atoms with van der Waals surface area (Å²) in [6, 6.07) is 10.0. The van der Waals surface area contributed by atoms with E-state index in [1.54, 1.807) is 24.4 Å². The minimum Gasteiger partial charge on any atom is -0.446 e. The molecular formula is C28H31F3N6O5. The van der Waals surface area contributed by atoms with Crippen molar-refractivity contribution in [3.05, 3.63) is 70.4 Å². The number of rotatable bonds is 11. The van der Waals surface area contributed by atoms with Crippen LogP contribution in [0.25, 0.3) is 0 Å². The molecule has 0 bridgehead atoms. The summed E-state index contributed by atoms with van der Waals surface area (Å²) < 4.78 is 47.9. The summed E-state index contributed by atoms with van der Waals surface area (Å²) in [5.41, 5.74) is 0.549. The lowest BCUT2D eigenvalue weighted by Gasteiger charge is -2.21. The number of aryl methyl sites for hydroxylation is 2. The number of aromatic nitrogens is 4. The number of nitrogens with one attached hydrogen (secondary N) is 2. The van der Waals surface area contributed by atoms with Crippen molar-refractivity contribution < 1.29 is 32.2 Å². The van der Waals surface area contributed by atoms with Gasteiger partial charge in [-0.05, 0) is 80.8 Å². The maximum absolute atomic E-state index is 12.4. The van der Waals surface area contributed by atoms with Gasteiger partial charge >= 0.3 is 18.1 Å². The van der Waals surface area contributed by atoms with Crippen molar-refractivity contribution in [3.63, 3.8) is 0 Å². The fraction of sp³-hybridized carbons (Fsp3) is 0.429. The van der Waals surface area contributed by atoms with Crippen LogP contribution >= 0.6 is 0 Å². The molecule has 224 valence electrons. The molecule has 14 heteroatoms. The Balaban J connectivity index is 1.17. The second-order valence-corrected chi connectivity index (χ2v) is 9.87. The van der Waals surface area contributed by atoms with Crippen molar-refractivity contribution in [1.82, 2.24) is 19.7 Å². The third kappa shape index (κ3) is 10.2. The third-order valence-electron chi connectivity index (χ3n) is 6.50. The summed E-state index contributed by atoms with van der Waals surface area (Å²) >= 11 is 0. The quantitative estimate of drug-likeness (QED) is 0.298. The van der Waals surface area contributed by atoms with Gasteiger partial charge in [-0.15, -0.1) is 18.3 Å². The lowest BCUT2D eigenvalue weighted by Crippen LogP contribution is -2.27. The van der Waals surface area contributed by atoms with Crippen LogP contribution in [-0.2, 0) is 28.9 Å². The van der Waals surface area contributed by atoms with Crippen LogP contribution in [0.5, 0.6) is 5.75 Å². The maximum atomic E-state index is 12.4. The zero-order chi connectivity index (χ0) is 30.0. The number of hydrogen-bond acceptors (Lipinski definition) is 8. The number of alkyl halides is 3. The molecule has 11 nitrogen and oxygen atoms in total. The van der Waals surface area contributed by atoms with Crippen molar-refractivity contribution in [2.24, 2.45) is 0 Å². The Kier molecular flexibility index (Phi) is 10.5. The predicted molar refractivity (Wildman–Crippen MR) is 146 cm³/mol. The molecule has 42 heavy (non-hydrogen) atoms. The summed E-state index contributed by atoms with van der Waals surface area (Å²) in [6.07, 6.45) is 2.75. The predicted octanol–water partition coefficient (Wildman–Crippen LogP) is 5.02. The molecule has 2 amide bonds. The number of carbonyl (C=O) groups excluding carboxylic acids is 2. The number of unbranched alkanes of at least 4 members (excludes halogenated alkanes) is 1. The average molecular weight is 589 g/mol. The Morgan fingerprint density at radius 2 is 1.79 bits per heavy atom. The molecule has 2 aromatic heterocycles. The van der Waals surface area contributed by atoms with Crippen LogP contribution in [-0.4, -0.2) is 44.2 Å². The van der Waals surface area contributed by atoms with Gasteiger partial charge < -0.3 is 14.8 Å². The highest BCUT2D eigenvalue weighted by molar-refractivity contribution is 5.91. The maximum Gasteiger partial charge on any atom is 0.573 e. The minimum atomic E-state index is -4.82. The van der Waals surface area contributed by atoms with Gasteiger partial charge in [-0.2, -0.15) is 10.1 Å². The zero-order valence-electron chi connectivity index (χ0n) is 22.7. The number of hydrogen-bond donors (Lipinski definition) is 2. The molecule has 3 aromatic rings. The Morgan fingerprint density at radius 3 is 2.50 bits per heavy atom. The largest absolute Gasteiger partial charge is 0.573 e. The van der Waals surface area contributed by atoms with Crippen LogP contribution in [0.1, 0.15) is 56.2 Å². The molecule has 1 saturated carbocycles. The molecule has 1 fully saturated rings. The number of halogens is 3. The molecule has 1 aliphatic rings. The first kappa shape index (κ1) is 30.5. The smallest absolute Gasteiger partial charge is 0.446 e. The van der Waals surface area contributed by atoms with Gasteiger partial charge in [-0.25, -0.2) is 9.59 Å². The summed E-state index contributed by atoms with van der Waals surface area (Å²) in [6.45, 7) is 0.426. The third-order valence-corrected chi connectivity index (χ3v) is 6.50. The molecule has 2 N–H and O–H groups in total. The Morgan fingerprint density at radius 1 is 0.976 bits per heavy atom. The van der Waals surface area contributed by atoms with Crippen molar-refractivity contribution in [1.29, 1.82) is 0 Å². The van der Waals surface area contributed by atoms with Crippen molar-refractivity contribution in [2.75, 3.05) is 10.6 Å². The second-order valence-electron chi connectivity index (χ2n) is 9.87. The lowest BCUT2D eigenvalue weighted by atomic mass is 9.98. The number of benzene rings is 1. The summed E-state index contributed by atoms with van der Waals surface area (Å²) in [5, 5.41) is 13.2. The highest BCUT2D eigenvalue weighted by atomic mass is 19.4. The van der Waals surface area contributed by atoms with E-state index in [1.165, 1.54) is 16.7 Å². The standard InChI is InChI=1S/C28H31F3N6O5/c29-28(30,31)42-22-11-6-7-19(17-22)18-25(38)32-24-13-12-20(35-36-24)8-4-5-15-37-16-14-23(33-26(37)39)34-27(40)41-21-9-2-1-3-10-21/h6-7,11-14,16-17,21H,1-5,8-10,15,18H2,(H,32,36,38)(H,33,34,39,40). The van der Waals surface area contributed by atoms with E-state index >= 15 is 0 Å². The fourth-order valence-corrected chi connectivity index (χ4v) is 4.51. The zero-order valence-corrected chi connectivity index (χ0v) is 22.7. The van der Waals surface area contributed by atoms with Gasteiger partial charge in [0.25, 0.3) is 0 Å². The number of amides is 2. The van der Waals surface area contributed by atoms with Crippen molar-refractivity contribution in [2.45, 2.75) is 76.8 Å². The number of nitrogens with zero attached hydrogens (tertiary/aromatic N) is 4. The van der Waals surface area contributed by atoms with Crippen LogP contribution in [0.3, 0.4) is 0 Å². The topological polar surface area (TPSA) is 137 Å². The van der Waals surface area contributed by atoms with E-state index in [9.17, 15) is 27.6 Å². The molecule has 2 heterocycles. The average Bonchev–Trinajstić information content (AvgIpc) is 2.92. The van der Waals surface area contributed by atoms with Crippen molar-refractivity contribution in [3.8, 4) is 5.75 Å². The highest BCUT2D eigenvalue weighted by Crippen LogP contribution is 2.24. The molecule has 0 atom stereocenters. The molecule has 0 unspecified atom stereocenters. The van der Waals surface area contributed by atoms with E-state index in [0.717, 1.165) is 44.2 Å². The molecule has 1 aromatic carbocycles. The van der Waals surface area contributed by atoms with Crippen LogP contribution < -0.4 is 21.1 Å². The number of anilines is 2. The van der Waals surface area contributed by atoms with Gasteiger partial charge in [0.15, 0.2) is 5.82 Å². The Labute approximate surface area is 239 Å². The van der Waals surface area contributed by atoms with E-state index in [1.807, 2.05) is 0 Å². The highest BCUT2D eigenvalue weighted by Gasteiger charge is 2.31. The van der Waals surface area contributed by atoms with Crippen LogP contribution in [0.15, 0.2) is 53.5 Å².